The van der Waals surface area contributed by atoms with E-state index in [2.05, 4.69) is 0 Å². The second-order valence-corrected chi connectivity index (χ2v) is 4.70. The molecule has 1 atom stereocenters. The van der Waals surface area contributed by atoms with Gasteiger partial charge in [0.2, 0.25) is 0 Å². The standard InChI is InChI=1S/C14H19NO2/c1-4-16-14(2,3)13(15)12-9-10-7-5-6-8-11(10)17-12/h5-9,13H,4,15H2,1-3H3. The molecular weight excluding hydrogens is 214 g/mol. The minimum Gasteiger partial charge on any atom is -0.459 e. The number of ether oxygens (including phenoxy) is 1. The first kappa shape index (κ1) is 12.1. The normalized spacial score (nSPS) is 14.1. The molecule has 17 heavy (non-hydrogen) atoms. The predicted molar refractivity (Wildman–Crippen MR) is 68.8 cm³/mol. The van der Waals surface area contributed by atoms with Gasteiger partial charge in [-0.1, -0.05) is 18.2 Å². The Morgan fingerprint density at radius 2 is 2.06 bits per heavy atom. The van der Waals surface area contributed by atoms with Gasteiger partial charge in [0.1, 0.15) is 11.3 Å². The summed E-state index contributed by atoms with van der Waals surface area (Å²) >= 11 is 0. The molecule has 0 aliphatic heterocycles. The Labute approximate surface area is 102 Å². The minimum atomic E-state index is -0.428. The van der Waals surface area contributed by atoms with Crippen LogP contribution in [0.4, 0.5) is 0 Å². The lowest BCUT2D eigenvalue weighted by molar-refractivity contribution is -0.0338. The quantitative estimate of drug-likeness (QED) is 0.881. The number of hydrogen-bond donors (Lipinski definition) is 1. The third-order valence-corrected chi connectivity index (χ3v) is 3.02. The minimum absolute atomic E-state index is 0.269. The van der Waals surface area contributed by atoms with Crippen molar-refractivity contribution < 1.29 is 9.15 Å². The van der Waals surface area contributed by atoms with Crippen molar-refractivity contribution in [1.82, 2.24) is 0 Å². The van der Waals surface area contributed by atoms with Crippen molar-refractivity contribution >= 4 is 11.0 Å². The highest BCUT2D eigenvalue weighted by atomic mass is 16.5. The van der Waals surface area contributed by atoms with Crippen molar-refractivity contribution in [2.45, 2.75) is 32.4 Å². The summed E-state index contributed by atoms with van der Waals surface area (Å²) in [6, 6.07) is 9.62. The van der Waals surface area contributed by atoms with Gasteiger partial charge in [0.05, 0.1) is 11.6 Å². The van der Waals surface area contributed by atoms with Gasteiger partial charge >= 0.3 is 0 Å². The number of para-hydroxylation sites is 1. The van der Waals surface area contributed by atoms with E-state index in [4.69, 9.17) is 14.9 Å². The maximum absolute atomic E-state index is 6.20. The van der Waals surface area contributed by atoms with E-state index in [-0.39, 0.29) is 6.04 Å². The van der Waals surface area contributed by atoms with Gasteiger partial charge in [-0.3, -0.25) is 0 Å². The Hall–Kier alpha value is -1.32. The molecule has 2 aromatic rings. The summed E-state index contributed by atoms with van der Waals surface area (Å²) in [5, 5.41) is 1.07. The molecule has 2 N–H and O–H groups in total. The average Bonchev–Trinajstić information content (AvgIpc) is 2.71. The molecule has 0 amide bonds. The van der Waals surface area contributed by atoms with Gasteiger partial charge in [-0.15, -0.1) is 0 Å². The van der Waals surface area contributed by atoms with E-state index in [1.165, 1.54) is 0 Å². The van der Waals surface area contributed by atoms with Crippen LogP contribution < -0.4 is 5.73 Å². The highest BCUT2D eigenvalue weighted by Gasteiger charge is 2.30. The summed E-state index contributed by atoms with van der Waals surface area (Å²) in [6.45, 7) is 6.57. The largest absolute Gasteiger partial charge is 0.459 e. The molecule has 92 valence electrons. The number of fused-ring (bicyclic) bond motifs is 1. The third-order valence-electron chi connectivity index (χ3n) is 3.02. The Balaban J connectivity index is 2.33. The fourth-order valence-corrected chi connectivity index (χ4v) is 1.96. The molecule has 1 unspecified atom stereocenters. The molecule has 0 fully saturated rings. The maximum Gasteiger partial charge on any atom is 0.134 e. The Morgan fingerprint density at radius 3 is 2.71 bits per heavy atom. The maximum atomic E-state index is 6.20. The van der Waals surface area contributed by atoms with Crippen molar-refractivity contribution in [2.75, 3.05) is 6.61 Å². The van der Waals surface area contributed by atoms with Crippen LogP contribution in [0.3, 0.4) is 0 Å². The van der Waals surface area contributed by atoms with Gasteiger partial charge in [-0.05, 0) is 32.9 Å². The van der Waals surface area contributed by atoms with E-state index in [0.29, 0.717) is 6.61 Å². The second-order valence-electron chi connectivity index (χ2n) is 4.70. The van der Waals surface area contributed by atoms with E-state index < -0.39 is 5.60 Å². The Kier molecular flexibility index (Phi) is 3.22. The van der Waals surface area contributed by atoms with Gasteiger partial charge in [0.25, 0.3) is 0 Å². The lowest BCUT2D eigenvalue weighted by atomic mass is 9.97. The summed E-state index contributed by atoms with van der Waals surface area (Å²) in [7, 11) is 0. The lowest BCUT2D eigenvalue weighted by Crippen LogP contribution is -2.38. The molecule has 0 spiro atoms. The van der Waals surface area contributed by atoms with Crippen LogP contribution in [0.5, 0.6) is 0 Å². The number of furan rings is 1. The predicted octanol–water partition coefficient (Wildman–Crippen LogP) is 3.25. The second kappa shape index (κ2) is 4.51. The zero-order valence-electron chi connectivity index (χ0n) is 10.6. The van der Waals surface area contributed by atoms with Crippen LogP contribution in [0, 0.1) is 0 Å². The van der Waals surface area contributed by atoms with Crippen molar-refractivity contribution in [2.24, 2.45) is 5.73 Å². The first-order chi connectivity index (χ1) is 8.04. The molecule has 0 bridgehead atoms. The van der Waals surface area contributed by atoms with Crippen molar-refractivity contribution in [1.29, 1.82) is 0 Å². The summed E-state index contributed by atoms with van der Waals surface area (Å²) in [6.07, 6.45) is 0. The number of rotatable bonds is 4. The van der Waals surface area contributed by atoms with Crippen LogP contribution in [0.25, 0.3) is 11.0 Å². The molecule has 3 heteroatoms. The van der Waals surface area contributed by atoms with Crippen LogP contribution in [-0.2, 0) is 4.74 Å². The topological polar surface area (TPSA) is 48.4 Å². The van der Waals surface area contributed by atoms with Crippen LogP contribution in [0.15, 0.2) is 34.7 Å². The van der Waals surface area contributed by atoms with Gasteiger partial charge < -0.3 is 14.9 Å². The molecule has 0 radical (unpaired) electrons. The highest BCUT2D eigenvalue weighted by molar-refractivity contribution is 5.77. The first-order valence-electron chi connectivity index (χ1n) is 5.92. The number of benzene rings is 1. The molecule has 0 saturated heterocycles. The van der Waals surface area contributed by atoms with Gasteiger partial charge in [-0.2, -0.15) is 0 Å². The third kappa shape index (κ3) is 2.35. The summed E-state index contributed by atoms with van der Waals surface area (Å²) < 4.78 is 11.4. The van der Waals surface area contributed by atoms with Crippen LogP contribution in [-0.4, -0.2) is 12.2 Å². The zero-order valence-corrected chi connectivity index (χ0v) is 10.6. The molecule has 1 aromatic carbocycles. The van der Waals surface area contributed by atoms with E-state index in [1.54, 1.807) is 0 Å². The number of hydrogen-bond acceptors (Lipinski definition) is 3. The van der Waals surface area contributed by atoms with E-state index in [0.717, 1.165) is 16.7 Å². The Bertz CT molecular complexity index is 469. The van der Waals surface area contributed by atoms with E-state index >= 15 is 0 Å². The van der Waals surface area contributed by atoms with E-state index in [9.17, 15) is 0 Å². The Morgan fingerprint density at radius 1 is 1.35 bits per heavy atom. The SMILES string of the molecule is CCOC(C)(C)C(N)c1cc2ccccc2o1. The van der Waals surface area contributed by atoms with Crippen LogP contribution in [0.2, 0.25) is 0 Å². The smallest absolute Gasteiger partial charge is 0.134 e. The van der Waals surface area contributed by atoms with Gasteiger partial charge in [-0.25, -0.2) is 0 Å². The first-order valence-corrected chi connectivity index (χ1v) is 5.92. The van der Waals surface area contributed by atoms with Gasteiger partial charge in [0, 0.05) is 12.0 Å². The molecule has 1 aromatic heterocycles. The molecule has 0 aliphatic carbocycles. The molecule has 0 saturated carbocycles. The molecule has 2 rings (SSSR count). The zero-order chi connectivity index (χ0) is 12.5. The van der Waals surface area contributed by atoms with Crippen LogP contribution >= 0.6 is 0 Å². The molecule has 3 nitrogen and oxygen atoms in total. The van der Waals surface area contributed by atoms with Crippen molar-refractivity contribution in [3.05, 3.63) is 36.1 Å². The fraction of sp³-hybridized carbons (Fsp3) is 0.429. The summed E-state index contributed by atoms with van der Waals surface area (Å²) in [4.78, 5) is 0. The highest BCUT2D eigenvalue weighted by Crippen LogP contribution is 2.30. The molecular formula is C14H19NO2. The number of nitrogens with two attached hydrogens (primary N) is 1. The summed E-state index contributed by atoms with van der Waals surface area (Å²) in [5.74, 6) is 0.768. The van der Waals surface area contributed by atoms with Crippen molar-refractivity contribution in [3.63, 3.8) is 0 Å². The van der Waals surface area contributed by atoms with Crippen molar-refractivity contribution in [3.8, 4) is 0 Å². The monoisotopic (exact) mass is 233 g/mol. The average molecular weight is 233 g/mol. The molecule has 0 aliphatic rings. The van der Waals surface area contributed by atoms with Crippen LogP contribution in [0.1, 0.15) is 32.6 Å². The van der Waals surface area contributed by atoms with E-state index in [1.807, 2.05) is 51.1 Å². The summed E-state index contributed by atoms with van der Waals surface area (Å²) in [5.41, 5.74) is 6.64. The lowest BCUT2D eigenvalue weighted by Gasteiger charge is -2.29. The fourth-order valence-electron chi connectivity index (χ4n) is 1.96. The van der Waals surface area contributed by atoms with Gasteiger partial charge in [0.15, 0.2) is 0 Å². The molecule has 1 heterocycles.